The maximum atomic E-state index is 12.4. The lowest BCUT2D eigenvalue weighted by atomic mass is 10.1. The summed E-state index contributed by atoms with van der Waals surface area (Å²) >= 11 is 0. The first-order chi connectivity index (χ1) is 13.2. The second kappa shape index (κ2) is 6.35. The molecule has 1 spiro atoms. The van der Waals surface area contributed by atoms with Gasteiger partial charge in [-0.05, 0) is 23.8 Å². The molecule has 1 aromatic heterocycles. The number of methoxy groups -OCH3 is 1. The largest absolute Gasteiger partial charge is 0.496 e. The molecular formula is C20H24N4O3. The van der Waals surface area contributed by atoms with Gasteiger partial charge in [-0.15, -0.1) is 0 Å². The smallest absolute Gasteiger partial charge is 0.226 e. The molecule has 2 aromatic rings. The number of ether oxygens (including phenoxy) is 2. The van der Waals surface area contributed by atoms with Gasteiger partial charge >= 0.3 is 0 Å². The summed E-state index contributed by atoms with van der Waals surface area (Å²) in [6.07, 6.45) is 5.20. The monoisotopic (exact) mass is 368 g/mol. The fraction of sp³-hybridized carbons (Fsp3) is 0.500. The van der Waals surface area contributed by atoms with E-state index in [1.54, 1.807) is 13.3 Å². The number of benzene rings is 1. The van der Waals surface area contributed by atoms with Gasteiger partial charge < -0.3 is 14.4 Å². The van der Waals surface area contributed by atoms with E-state index in [1.165, 1.54) is 5.56 Å². The van der Waals surface area contributed by atoms with Crippen LogP contribution >= 0.6 is 0 Å². The Kier molecular flexibility index (Phi) is 3.94. The molecule has 27 heavy (non-hydrogen) atoms. The molecule has 0 bridgehead atoms. The highest BCUT2D eigenvalue weighted by Crippen LogP contribution is 2.46. The molecule has 0 saturated carbocycles. The molecule has 0 unspecified atom stereocenters. The van der Waals surface area contributed by atoms with E-state index in [4.69, 9.17) is 9.47 Å². The first-order valence-electron chi connectivity index (χ1n) is 9.51. The number of carbonyl (C=O) groups excluding carboxylic acids is 1. The van der Waals surface area contributed by atoms with E-state index in [0.29, 0.717) is 19.6 Å². The number of hydrogen-bond acceptors (Lipinski definition) is 5. The maximum Gasteiger partial charge on any atom is 0.226 e. The second-order valence-electron chi connectivity index (χ2n) is 7.53. The van der Waals surface area contributed by atoms with E-state index >= 15 is 0 Å². The molecule has 0 aliphatic carbocycles. The highest BCUT2D eigenvalue weighted by Gasteiger charge is 2.61. The molecule has 5 rings (SSSR count). The minimum Gasteiger partial charge on any atom is -0.496 e. The van der Waals surface area contributed by atoms with Crippen LogP contribution in [0.2, 0.25) is 0 Å². The standard InChI is InChI=1S/C20H24N4O3/c1-26-17-4-3-15(11-16(17)14-23-7-2-6-21-23)13-22-8-5-20-18(22)12-19(25)24(20)9-10-27-20/h2-4,6-7,11,18H,5,8-10,12-14H2,1H3/t18-,20+/m1/s1. The number of likely N-dealkylation sites (tertiary alicyclic amines) is 1. The molecule has 142 valence electrons. The molecule has 3 aliphatic rings. The number of aromatic nitrogens is 2. The van der Waals surface area contributed by atoms with Crippen LogP contribution in [-0.4, -0.2) is 64.1 Å². The molecule has 7 nitrogen and oxygen atoms in total. The predicted molar refractivity (Wildman–Crippen MR) is 98.2 cm³/mol. The Labute approximate surface area is 158 Å². The minimum absolute atomic E-state index is 0.157. The normalized spacial score (nSPS) is 27.2. The number of carbonyl (C=O) groups is 1. The minimum atomic E-state index is -0.374. The molecule has 3 fully saturated rings. The van der Waals surface area contributed by atoms with Crippen LogP contribution in [0.3, 0.4) is 0 Å². The quantitative estimate of drug-likeness (QED) is 0.800. The summed E-state index contributed by atoms with van der Waals surface area (Å²) in [7, 11) is 1.70. The molecule has 7 heteroatoms. The zero-order valence-corrected chi connectivity index (χ0v) is 15.5. The lowest BCUT2D eigenvalue weighted by Gasteiger charge is -2.31. The molecule has 1 amide bonds. The lowest BCUT2D eigenvalue weighted by molar-refractivity contribution is -0.136. The zero-order chi connectivity index (χ0) is 18.4. The van der Waals surface area contributed by atoms with Crippen LogP contribution in [-0.2, 0) is 22.6 Å². The van der Waals surface area contributed by atoms with E-state index in [1.807, 2.05) is 27.9 Å². The van der Waals surface area contributed by atoms with Crippen LogP contribution < -0.4 is 4.74 Å². The van der Waals surface area contributed by atoms with Crippen molar-refractivity contribution >= 4 is 5.91 Å². The van der Waals surface area contributed by atoms with Gasteiger partial charge in [0.15, 0.2) is 5.72 Å². The van der Waals surface area contributed by atoms with Gasteiger partial charge in [0.2, 0.25) is 5.91 Å². The van der Waals surface area contributed by atoms with Crippen molar-refractivity contribution in [2.75, 3.05) is 26.8 Å². The van der Waals surface area contributed by atoms with E-state index in [9.17, 15) is 4.79 Å². The first kappa shape index (κ1) is 16.8. The fourth-order valence-corrected chi connectivity index (χ4v) is 4.92. The molecule has 3 aliphatic heterocycles. The van der Waals surface area contributed by atoms with Crippen molar-refractivity contribution in [1.29, 1.82) is 0 Å². The molecule has 2 atom stereocenters. The number of nitrogens with zero attached hydrogens (tertiary/aromatic N) is 4. The Morgan fingerprint density at radius 3 is 3.07 bits per heavy atom. The second-order valence-corrected chi connectivity index (χ2v) is 7.53. The van der Waals surface area contributed by atoms with Gasteiger partial charge in [-0.3, -0.25) is 14.4 Å². The molecule has 0 radical (unpaired) electrons. The highest BCUT2D eigenvalue weighted by atomic mass is 16.5. The van der Waals surface area contributed by atoms with E-state index in [-0.39, 0.29) is 17.7 Å². The van der Waals surface area contributed by atoms with Gasteiger partial charge in [0.1, 0.15) is 5.75 Å². The van der Waals surface area contributed by atoms with Gasteiger partial charge in [-0.2, -0.15) is 5.10 Å². The Morgan fingerprint density at radius 1 is 1.33 bits per heavy atom. The van der Waals surface area contributed by atoms with Gasteiger partial charge in [0, 0.05) is 50.4 Å². The molecular weight excluding hydrogens is 344 g/mol. The van der Waals surface area contributed by atoms with Crippen LogP contribution in [0, 0.1) is 0 Å². The summed E-state index contributed by atoms with van der Waals surface area (Å²) in [6.45, 7) is 3.83. The van der Waals surface area contributed by atoms with Crippen LogP contribution in [0.4, 0.5) is 0 Å². The average Bonchev–Trinajstić information content (AvgIpc) is 3.42. The lowest BCUT2D eigenvalue weighted by Crippen LogP contribution is -2.47. The predicted octanol–water partition coefficient (Wildman–Crippen LogP) is 1.47. The van der Waals surface area contributed by atoms with Crippen molar-refractivity contribution in [2.45, 2.75) is 37.7 Å². The Bertz CT molecular complexity index is 853. The first-order valence-corrected chi connectivity index (χ1v) is 9.51. The molecule has 4 heterocycles. The number of amides is 1. The number of hydrogen-bond donors (Lipinski definition) is 0. The van der Waals surface area contributed by atoms with Crippen molar-refractivity contribution in [3.8, 4) is 5.75 Å². The van der Waals surface area contributed by atoms with Crippen molar-refractivity contribution in [1.82, 2.24) is 19.6 Å². The summed E-state index contributed by atoms with van der Waals surface area (Å²) < 4.78 is 13.5. The molecule has 3 saturated heterocycles. The summed E-state index contributed by atoms with van der Waals surface area (Å²) in [4.78, 5) is 16.7. The van der Waals surface area contributed by atoms with E-state index in [0.717, 1.165) is 37.4 Å². The Hall–Kier alpha value is -2.38. The van der Waals surface area contributed by atoms with Crippen LogP contribution in [0.25, 0.3) is 0 Å². The average molecular weight is 368 g/mol. The third-order valence-electron chi connectivity index (χ3n) is 6.13. The highest BCUT2D eigenvalue weighted by molar-refractivity contribution is 5.81. The van der Waals surface area contributed by atoms with Gasteiger partial charge in [0.25, 0.3) is 0 Å². The topological polar surface area (TPSA) is 59.8 Å². The summed E-state index contributed by atoms with van der Waals surface area (Å²) in [6, 6.07) is 8.41. The maximum absolute atomic E-state index is 12.4. The van der Waals surface area contributed by atoms with E-state index in [2.05, 4.69) is 22.1 Å². The fourth-order valence-electron chi connectivity index (χ4n) is 4.92. The van der Waals surface area contributed by atoms with Gasteiger partial charge in [-0.25, -0.2) is 0 Å². The summed E-state index contributed by atoms with van der Waals surface area (Å²) in [5.74, 6) is 1.10. The van der Waals surface area contributed by atoms with Crippen LogP contribution in [0.5, 0.6) is 5.75 Å². The summed E-state index contributed by atoms with van der Waals surface area (Å²) in [5.41, 5.74) is 1.95. The Morgan fingerprint density at radius 2 is 2.26 bits per heavy atom. The summed E-state index contributed by atoms with van der Waals surface area (Å²) in [5, 5.41) is 4.30. The van der Waals surface area contributed by atoms with Crippen LogP contribution in [0.1, 0.15) is 24.0 Å². The van der Waals surface area contributed by atoms with Gasteiger partial charge in [0.05, 0.1) is 26.3 Å². The van der Waals surface area contributed by atoms with E-state index < -0.39 is 0 Å². The van der Waals surface area contributed by atoms with Crippen molar-refractivity contribution in [2.24, 2.45) is 0 Å². The van der Waals surface area contributed by atoms with Crippen molar-refractivity contribution in [3.63, 3.8) is 0 Å². The third kappa shape index (κ3) is 2.64. The van der Waals surface area contributed by atoms with Crippen molar-refractivity contribution < 1.29 is 14.3 Å². The van der Waals surface area contributed by atoms with Crippen molar-refractivity contribution in [3.05, 3.63) is 47.8 Å². The molecule has 1 aromatic carbocycles. The molecule has 0 N–H and O–H groups in total. The number of rotatable bonds is 5. The zero-order valence-electron chi connectivity index (χ0n) is 15.5. The third-order valence-corrected chi connectivity index (χ3v) is 6.13. The SMILES string of the molecule is COc1ccc(CN2CC[C@@]34OCCN3C(=O)C[C@@H]24)cc1Cn1cccn1. The van der Waals surface area contributed by atoms with Crippen LogP contribution in [0.15, 0.2) is 36.7 Å². The van der Waals surface area contributed by atoms with Gasteiger partial charge in [-0.1, -0.05) is 6.07 Å². The Balaban J connectivity index is 1.37.